The quantitative estimate of drug-likeness (QED) is 0.208. The molecule has 0 radical (unpaired) electrons. The number of likely N-dealkylation sites (tertiary alicyclic amines) is 1. The van der Waals surface area contributed by atoms with Crippen molar-refractivity contribution in [2.75, 3.05) is 6.61 Å². The first kappa shape index (κ1) is 29.7. The summed E-state index contributed by atoms with van der Waals surface area (Å²) >= 11 is 0. The number of fused-ring (bicyclic) bond motifs is 3. The lowest BCUT2D eigenvalue weighted by atomic mass is 9.58. The fraction of sp³-hybridized carbons (Fsp3) is 0.486. The van der Waals surface area contributed by atoms with E-state index >= 15 is 0 Å². The zero-order valence-electron chi connectivity index (χ0n) is 25.0. The van der Waals surface area contributed by atoms with E-state index in [9.17, 15) is 19.7 Å². The van der Waals surface area contributed by atoms with Gasteiger partial charge in [-0.3, -0.25) is 14.5 Å². The summed E-state index contributed by atoms with van der Waals surface area (Å²) in [5.41, 5.74) is 4.21. The maximum atomic E-state index is 14.0. The third-order valence-electron chi connectivity index (χ3n) is 9.86. The van der Waals surface area contributed by atoms with E-state index in [4.69, 9.17) is 9.39 Å². The summed E-state index contributed by atoms with van der Waals surface area (Å²) in [4.78, 5) is 29.5. The first-order valence-corrected chi connectivity index (χ1v) is 16.0. The van der Waals surface area contributed by atoms with Gasteiger partial charge in [-0.25, -0.2) is 0 Å². The molecule has 2 aromatic carbocycles. The predicted octanol–water partition coefficient (Wildman–Crippen LogP) is 6.17. The van der Waals surface area contributed by atoms with Crippen LogP contribution in [-0.4, -0.2) is 52.7 Å². The molecule has 0 spiro atoms. The number of hydrogen-bond acceptors (Lipinski definition) is 6. The van der Waals surface area contributed by atoms with Gasteiger partial charge in [0.05, 0.1) is 17.9 Å². The number of carbonyl (C=O) groups is 2. The zero-order chi connectivity index (χ0) is 29.9. The standard InChI is InChI=1S/C35H42BNO6/c1-2-23(18-24-10-9-13-27(38)19-24)16-17-31-32-25(22-42-28-14-7-4-8-15-28)20-29-33(30(32)21-36(41)43-31)35(40)37(34(29)39)26-11-5-3-6-12-26/h4,7-10,13-15,18-19,26,29-31,33,38,41H,2-3,5-6,11-12,16-17,20-22H2,1H3/b23-18+/t29-,30+,31-,33-/m1/s1. The van der Waals surface area contributed by atoms with E-state index in [1.807, 2.05) is 42.5 Å². The summed E-state index contributed by atoms with van der Waals surface area (Å²) in [7, 11) is -0.999. The predicted molar refractivity (Wildman–Crippen MR) is 166 cm³/mol. The number of aromatic hydroxyl groups is 1. The third kappa shape index (κ3) is 6.32. The highest BCUT2D eigenvalue weighted by atomic mass is 16.5. The Morgan fingerprint density at radius 1 is 1.05 bits per heavy atom. The van der Waals surface area contributed by atoms with Crippen LogP contribution < -0.4 is 4.74 Å². The van der Waals surface area contributed by atoms with E-state index in [0.29, 0.717) is 25.8 Å². The Hall–Kier alpha value is -3.36. The van der Waals surface area contributed by atoms with Crippen LogP contribution in [0.4, 0.5) is 0 Å². The van der Waals surface area contributed by atoms with Crippen LogP contribution >= 0.6 is 0 Å². The normalized spacial score (nSPS) is 26.5. The molecule has 2 amide bonds. The molecule has 2 aliphatic carbocycles. The van der Waals surface area contributed by atoms with Gasteiger partial charge in [0.2, 0.25) is 11.8 Å². The van der Waals surface area contributed by atoms with Crippen molar-refractivity contribution in [2.45, 2.75) is 83.2 Å². The number of ether oxygens (including phenoxy) is 1. The van der Waals surface area contributed by atoms with E-state index in [2.05, 4.69) is 13.0 Å². The molecule has 2 aliphatic heterocycles. The first-order chi connectivity index (χ1) is 20.9. The average Bonchev–Trinajstić information content (AvgIpc) is 3.27. The summed E-state index contributed by atoms with van der Waals surface area (Å²) < 4.78 is 12.5. The molecule has 2 N–H and O–H groups in total. The second-order valence-electron chi connectivity index (χ2n) is 12.5. The van der Waals surface area contributed by atoms with Gasteiger partial charge >= 0.3 is 7.12 Å². The monoisotopic (exact) mass is 583 g/mol. The Bertz CT molecular complexity index is 1380. The van der Waals surface area contributed by atoms with Gasteiger partial charge in [0.1, 0.15) is 18.1 Å². The molecule has 0 unspecified atom stereocenters. The molecule has 4 aliphatic rings. The number of para-hydroxylation sites is 1. The fourth-order valence-electron chi connectivity index (χ4n) is 7.82. The molecule has 0 bridgehead atoms. The Balaban J connectivity index is 1.30. The molecule has 4 atom stereocenters. The Morgan fingerprint density at radius 3 is 2.58 bits per heavy atom. The number of hydrogen-bond donors (Lipinski definition) is 2. The number of rotatable bonds is 9. The summed E-state index contributed by atoms with van der Waals surface area (Å²) in [6.07, 6.45) is 9.73. The Kier molecular flexibility index (Phi) is 9.05. The van der Waals surface area contributed by atoms with E-state index < -0.39 is 19.0 Å². The second kappa shape index (κ2) is 13.1. The smallest absolute Gasteiger partial charge is 0.455 e. The number of phenolic OH excluding ortho intramolecular Hbond substituents is 1. The third-order valence-corrected chi connectivity index (χ3v) is 9.86. The van der Waals surface area contributed by atoms with Gasteiger partial charge in [-0.2, -0.15) is 0 Å². The number of allylic oxidation sites excluding steroid dienone is 1. The van der Waals surface area contributed by atoms with Crippen LogP contribution in [0.25, 0.3) is 6.08 Å². The molecule has 8 heteroatoms. The van der Waals surface area contributed by atoms with Crippen LogP contribution in [0.1, 0.15) is 70.3 Å². The molecular formula is C35H42BNO6. The van der Waals surface area contributed by atoms with Crippen molar-refractivity contribution in [3.63, 3.8) is 0 Å². The maximum Gasteiger partial charge on any atom is 0.455 e. The largest absolute Gasteiger partial charge is 0.508 e. The minimum atomic E-state index is -0.999. The molecule has 0 aromatic heterocycles. The lowest BCUT2D eigenvalue weighted by Crippen LogP contribution is -2.47. The number of amides is 2. The molecule has 1 saturated carbocycles. The van der Waals surface area contributed by atoms with Gasteiger partial charge in [0.25, 0.3) is 0 Å². The first-order valence-electron chi connectivity index (χ1n) is 16.0. The average molecular weight is 584 g/mol. The van der Waals surface area contributed by atoms with Crippen molar-refractivity contribution in [2.24, 2.45) is 17.8 Å². The van der Waals surface area contributed by atoms with Crippen molar-refractivity contribution in [1.29, 1.82) is 0 Å². The fourth-order valence-corrected chi connectivity index (χ4v) is 7.82. The molecule has 2 aromatic rings. The van der Waals surface area contributed by atoms with Crippen molar-refractivity contribution < 1.29 is 29.1 Å². The Labute approximate surface area is 254 Å². The van der Waals surface area contributed by atoms with Crippen LogP contribution in [0.15, 0.2) is 71.3 Å². The number of phenols is 1. The molecule has 2 saturated heterocycles. The minimum Gasteiger partial charge on any atom is -0.508 e. The summed E-state index contributed by atoms with van der Waals surface area (Å²) in [5, 5.41) is 20.9. The van der Waals surface area contributed by atoms with Gasteiger partial charge in [-0.05, 0) is 91.7 Å². The summed E-state index contributed by atoms with van der Waals surface area (Å²) in [6, 6.07) is 16.8. The highest BCUT2D eigenvalue weighted by Gasteiger charge is 2.58. The number of nitrogens with zero attached hydrogens (tertiary/aromatic N) is 1. The van der Waals surface area contributed by atoms with Crippen LogP contribution in [0, 0.1) is 17.8 Å². The van der Waals surface area contributed by atoms with Crippen molar-refractivity contribution >= 4 is 25.0 Å². The number of imide groups is 1. The second-order valence-corrected chi connectivity index (χ2v) is 12.5. The number of carbonyl (C=O) groups excluding carboxylic acids is 2. The zero-order valence-corrected chi connectivity index (χ0v) is 25.0. The van der Waals surface area contributed by atoms with Crippen molar-refractivity contribution in [3.05, 3.63) is 76.9 Å². The van der Waals surface area contributed by atoms with Crippen LogP contribution in [0.5, 0.6) is 11.5 Å². The highest BCUT2D eigenvalue weighted by Crippen LogP contribution is 2.51. The van der Waals surface area contributed by atoms with Gasteiger partial charge in [0.15, 0.2) is 0 Å². The van der Waals surface area contributed by atoms with E-state index in [-0.39, 0.29) is 35.6 Å². The molecule has 2 heterocycles. The molecule has 3 fully saturated rings. The van der Waals surface area contributed by atoms with Gasteiger partial charge in [0, 0.05) is 6.04 Å². The topological polar surface area (TPSA) is 96.3 Å². The molecule has 43 heavy (non-hydrogen) atoms. The van der Waals surface area contributed by atoms with Crippen LogP contribution in [0.2, 0.25) is 6.32 Å². The molecular weight excluding hydrogens is 541 g/mol. The number of benzene rings is 2. The van der Waals surface area contributed by atoms with E-state index in [1.54, 1.807) is 17.0 Å². The molecule has 7 nitrogen and oxygen atoms in total. The summed E-state index contributed by atoms with van der Waals surface area (Å²) in [5.74, 6) is -0.250. The Morgan fingerprint density at radius 2 is 1.84 bits per heavy atom. The highest BCUT2D eigenvalue weighted by molar-refractivity contribution is 6.43. The van der Waals surface area contributed by atoms with Gasteiger partial charge in [-0.1, -0.05) is 68.2 Å². The van der Waals surface area contributed by atoms with E-state index in [0.717, 1.165) is 67.4 Å². The van der Waals surface area contributed by atoms with Gasteiger partial charge in [-0.15, -0.1) is 0 Å². The van der Waals surface area contributed by atoms with Gasteiger partial charge < -0.3 is 19.5 Å². The van der Waals surface area contributed by atoms with Crippen molar-refractivity contribution in [1.82, 2.24) is 4.90 Å². The van der Waals surface area contributed by atoms with E-state index in [1.165, 1.54) is 5.57 Å². The molecule has 6 rings (SSSR count). The van der Waals surface area contributed by atoms with Crippen LogP contribution in [0.3, 0.4) is 0 Å². The minimum absolute atomic E-state index is 0.0120. The van der Waals surface area contributed by atoms with Crippen molar-refractivity contribution in [3.8, 4) is 11.5 Å². The lowest BCUT2D eigenvalue weighted by molar-refractivity contribution is -0.143. The maximum absolute atomic E-state index is 14.0. The summed E-state index contributed by atoms with van der Waals surface area (Å²) in [6.45, 7) is 2.43. The van der Waals surface area contributed by atoms with Crippen LogP contribution in [-0.2, 0) is 14.2 Å². The SMILES string of the molecule is CC/C(=C\c1cccc(O)c1)CC[C@H]1OB(O)C[C@H]2C1=C(COc1ccccc1)C[C@H]1C(=O)N(C3CCCCC3)C(=O)[C@H]12. The molecule has 226 valence electrons. The lowest BCUT2D eigenvalue weighted by Gasteiger charge is -2.43.